The molecule has 0 heterocycles. The molecular weight excluding hydrogens is 298 g/mol. The van der Waals surface area contributed by atoms with E-state index in [-0.39, 0.29) is 24.3 Å². The summed E-state index contributed by atoms with van der Waals surface area (Å²) in [7, 11) is 0. The van der Waals surface area contributed by atoms with Gasteiger partial charge in [-0.05, 0) is 38.0 Å². The van der Waals surface area contributed by atoms with Crippen molar-refractivity contribution in [3.8, 4) is 0 Å². The van der Waals surface area contributed by atoms with Gasteiger partial charge >= 0.3 is 0 Å². The third-order valence-electron chi connectivity index (χ3n) is 4.87. The van der Waals surface area contributed by atoms with Gasteiger partial charge in [-0.25, -0.2) is 0 Å². The van der Waals surface area contributed by atoms with Crippen LogP contribution in [0.2, 0.25) is 0 Å². The van der Waals surface area contributed by atoms with Gasteiger partial charge in [-0.3, -0.25) is 4.79 Å². The van der Waals surface area contributed by atoms with Gasteiger partial charge in [0.25, 0.3) is 0 Å². The Hall–Kier alpha value is -0.830. The molecule has 3 N–H and O–H groups in total. The fourth-order valence-corrected chi connectivity index (χ4v) is 3.21. The Balaban J connectivity index is 3.77. The molecule has 0 aromatic heterocycles. The molecule has 0 aliphatic rings. The van der Waals surface area contributed by atoms with Crippen LogP contribution in [-0.4, -0.2) is 17.6 Å². The number of aliphatic hydroxyl groups is 1. The second-order valence-corrected chi connectivity index (χ2v) is 7.05. The zero-order valence-corrected chi connectivity index (χ0v) is 16.1. The number of aliphatic hydroxyl groups excluding tert-OH is 1. The zero-order valence-electron chi connectivity index (χ0n) is 16.1. The van der Waals surface area contributed by atoms with Crippen LogP contribution in [0.1, 0.15) is 97.3 Å². The minimum atomic E-state index is -0.234. The highest BCUT2D eigenvalue weighted by molar-refractivity contribution is 5.76. The number of carbonyl (C=O) groups excluding carboxylic acids is 1. The highest BCUT2D eigenvalue weighted by Gasteiger charge is 2.24. The molecule has 0 fully saturated rings. The third kappa shape index (κ3) is 12.6. The normalized spacial score (nSPS) is 14.1. The summed E-state index contributed by atoms with van der Waals surface area (Å²) in [6.45, 7) is 4.44. The number of primary amides is 1. The van der Waals surface area contributed by atoms with E-state index in [1.54, 1.807) is 0 Å². The third-order valence-corrected chi connectivity index (χ3v) is 4.87. The summed E-state index contributed by atoms with van der Waals surface area (Å²) in [6.07, 6.45) is 19.5. The van der Waals surface area contributed by atoms with E-state index in [1.165, 1.54) is 44.9 Å². The van der Waals surface area contributed by atoms with Crippen LogP contribution in [0.25, 0.3) is 0 Å². The average molecular weight is 340 g/mol. The van der Waals surface area contributed by atoms with Crippen molar-refractivity contribution in [1.29, 1.82) is 0 Å². The van der Waals surface area contributed by atoms with E-state index in [0.29, 0.717) is 0 Å². The highest BCUT2D eigenvalue weighted by Crippen LogP contribution is 2.24. The first-order chi connectivity index (χ1) is 11.7. The monoisotopic (exact) mass is 339 g/mol. The summed E-state index contributed by atoms with van der Waals surface area (Å²) in [5.41, 5.74) is 5.56. The molecule has 24 heavy (non-hydrogen) atoms. The maximum atomic E-state index is 11.7. The van der Waals surface area contributed by atoms with Gasteiger partial charge in [-0.2, -0.15) is 0 Å². The summed E-state index contributed by atoms with van der Waals surface area (Å²) < 4.78 is 0. The van der Waals surface area contributed by atoms with E-state index in [0.717, 1.165) is 38.5 Å². The molecule has 3 nitrogen and oxygen atoms in total. The van der Waals surface area contributed by atoms with Crippen molar-refractivity contribution < 1.29 is 9.90 Å². The molecule has 0 spiro atoms. The zero-order chi connectivity index (χ0) is 18.0. The van der Waals surface area contributed by atoms with Crippen LogP contribution in [0.5, 0.6) is 0 Å². The smallest absolute Gasteiger partial charge is 0.220 e. The molecule has 0 aromatic carbocycles. The van der Waals surface area contributed by atoms with Gasteiger partial charge in [-0.1, -0.05) is 77.4 Å². The number of amides is 1. The van der Waals surface area contributed by atoms with Gasteiger partial charge in [0.05, 0.1) is 0 Å². The fraction of sp³-hybridized carbons (Fsp3) is 0.857. The number of rotatable bonds is 17. The van der Waals surface area contributed by atoms with Crippen molar-refractivity contribution in [3.63, 3.8) is 0 Å². The second-order valence-electron chi connectivity index (χ2n) is 7.05. The lowest BCUT2D eigenvalue weighted by Crippen LogP contribution is -2.32. The molecule has 0 aliphatic carbocycles. The number of hydrogen-bond acceptors (Lipinski definition) is 2. The van der Waals surface area contributed by atoms with E-state index >= 15 is 0 Å². The van der Waals surface area contributed by atoms with Crippen LogP contribution < -0.4 is 5.73 Å². The first-order valence-electron chi connectivity index (χ1n) is 10.2. The molecule has 0 radical (unpaired) electrons. The van der Waals surface area contributed by atoms with Gasteiger partial charge in [0, 0.05) is 12.5 Å². The molecule has 0 saturated carbocycles. The van der Waals surface area contributed by atoms with Crippen LogP contribution in [-0.2, 0) is 4.79 Å². The number of allylic oxidation sites excluding steroid dienone is 2. The van der Waals surface area contributed by atoms with Crippen LogP contribution in [0.15, 0.2) is 12.2 Å². The molecular formula is C21H41NO2. The van der Waals surface area contributed by atoms with E-state index in [1.807, 2.05) is 0 Å². The van der Waals surface area contributed by atoms with E-state index in [9.17, 15) is 9.90 Å². The predicted molar refractivity (Wildman–Crippen MR) is 104 cm³/mol. The first-order valence-corrected chi connectivity index (χ1v) is 10.2. The molecule has 0 aromatic rings. The van der Waals surface area contributed by atoms with Crippen molar-refractivity contribution in [2.45, 2.75) is 97.3 Å². The minimum absolute atomic E-state index is 0.0516. The Morgan fingerprint density at radius 2 is 1.46 bits per heavy atom. The van der Waals surface area contributed by atoms with E-state index < -0.39 is 0 Å². The average Bonchev–Trinajstić information content (AvgIpc) is 2.57. The van der Waals surface area contributed by atoms with Gasteiger partial charge in [0.1, 0.15) is 0 Å². The number of carbonyl (C=O) groups is 1. The predicted octanol–water partition coefficient (Wildman–Crippen LogP) is 5.36. The molecule has 3 heteroatoms. The lowest BCUT2D eigenvalue weighted by Gasteiger charge is -2.22. The molecule has 2 atom stereocenters. The number of unbranched alkanes of at least 4 members (excludes halogenated alkanes) is 8. The maximum Gasteiger partial charge on any atom is 0.220 e. The molecule has 0 bridgehead atoms. The summed E-state index contributed by atoms with van der Waals surface area (Å²) in [5.74, 6) is -0.332. The Morgan fingerprint density at radius 3 is 2.04 bits per heavy atom. The van der Waals surface area contributed by atoms with E-state index in [2.05, 4.69) is 26.0 Å². The molecule has 0 rings (SSSR count). The summed E-state index contributed by atoms with van der Waals surface area (Å²) >= 11 is 0. The lowest BCUT2D eigenvalue weighted by atomic mass is 9.84. The van der Waals surface area contributed by atoms with Crippen molar-refractivity contribution in [1.82, 2.24) is 0 Å². The maximum absolute atomic E-state index is 11.7. The lowest BCUT2D eigenvalue weighted by molar-refractivity contribution is -0.124. The van der Waals surface area contributed by atoms with Crippen LogP contribution in [0.3, 0.4) is 0 Å². The summed E-state index contributed by atoms with van der Waals surface area (Å²) in [4.78, 5) is 11.7. The van der Waals surface area contributed by atoms with Crippen molar-refractivity contribution in [3.05, 3.63) is 12.2 Å². The Labute approximate surface area is 150 Å². The molecule has 2 unspecified atom stereocenters. The largest absolute Gasteiger partial charge is 0.396 e. The fourth-order valence-electron chi connectivity index (χ4n) is 3.21. The molecule has 142 valence electrons. The Bertz CT molecular complexity index is 315. The van der Waals surface area contributed by atoms with Crippen molar-refractivity contribution in [2.75, 3.05) is 6.61 Å². The summed E-state index contributed by atoms with van der Waals surface area (Å²) in [6, 6.07) is 0. The second kappa shape index (κ2) is 17.0. The van der Waals surface area contributed by atoms with Gasteiger partial charge < -0.3 is 10.8 Å². The van der Waals surface area contributed by atoms with Crippen molar-refractivity contribution in [2.24, 2.45) is 17.6 Å². The van der Waals surface area contributed by atoms with Gasteiger partial charge in [0.2, 0.25) is 5.91 Å². The van der Waals surface area contributed by atoms with Crippen LogP contribution in [0.4, 0.5) is 0 Å². The Morgan fingerprint density at radius 1 is 0.875 bits per heavy atom. The molecule has 0 aliphatic heterocycles. The Kier molecular flexibility index (Phi) is 16.4. The van der Waals surface area contributed by atoms with Crippen molar-refractivity contribution >= 4 is 5.91 Å². The minimum Gasteiger partial charge on any atom is -0.396 e. The topological polar surface area (TPSA) is 63.3 Å². The SMILES string of the molecule is CCCC/C=C\CCCCCCCC(C(N)=O)C(CO)CCCC. The summed E-state index contributed by atoms with van der Waals surface area (Å²) in [5, 5.41) is 9.53. The molecule has 0 saturated heterocycles. The highest BCUT2D eigenvalue weighted by atomic mass is 16.3. The van der Waals surface area contributed by atoms with Gasteiger partial charge in [0.15, 0.2) is 0 Å². The first kappa shape index (κ1) is 23.2. The van der Waals surface area contributed by atoms with Crippen LogP contribution in [0, 0.1) is 11.8 Å². The standard InChI is InChI=1S/C21H41NO2/c1-3-5-7-8-9-10-11-12-13-14-15-17-20(21(22)24)19(18-23)16-6-4-2/h8-9,19-20,23H,3-7,10-18H2,1-2H3,(H2,22,24)/b9-8-. The van der Waals surface area contributed by atoms with Crippen LogP contribution >= 0.6 is 0 Å². The molecule has 1 amide bonds. The number of nitrogens with two attached hydrogens (primary N) is 1. The van der Waals surface area contributed by atoms with E-state index in [4.69, 9.17) is 5.73 Å². The number of hydrogen-bond donors (Lipinski definition) is 2. The quantitative estimate of drug-likeness (QED) is 0.277. The van der Waals surface area contributed by atoms with Gasteiger partial charge in [-0.15, -0.1) is 0 Å².